The molecule has 0 spiro atoms. The molecule has 3 heterocycles. The molecule has 0 fully saturated rings. The number of carboxylic acids is 1. The smallest absolute Gasteiger partial charge is 0.316 e. The van der Waals surface area contributed by atoms with Gasteiger partial charge in [-0.1, -0.05) is 23.5 Å². The van der Waals surface area contributed by atoms with Gasteiger partial charge in [0.2, 0.25) is 0 Å². The van der Waals surface area contributed by atoms with Crippen LogP contribution in [0, 0.1) is 5.41 Å². The first-order chi connectivity index (χ1) is 14.4. The zero-order valence-corrected chi connectivity index (χ0v) is 17.2. The predicted molar refractivity (Wildman–Crippen MR) is 115 cm³/mol. The Morgan fingerprint density at radius 3 is 2.50 bits per heavy atom. The number of thiazole rings is 1. The first-order valence-electron chi connectivity index (χ1n) is 9.17. The van der Waals surface area contributed by atoms with Gasteiger partial charge in [0.15, 0.2) is 5.13 Å². The Kier molecular flexibility index (Phi) is 5.28. The van der Waals surface area contributed by atoms with Crippen LogP contribution in [0.25, 0.3) is 21.3 Å². The second kappa shape index (κ2) is 8.03. The van der Waals surface area contributed by atoms with Crippen molar-refractivity contribution in [3.8, 4) is 17.1 Å². The molecule has 0 saturated carbocycles. The molecule has 4 aromatic rings. The number of fused-ring (bicyclic) bond motifs is 1. The Morgan fingerprint density at radius 2 is 1.83 bits per heavy atom. The lowest BCUT2D eigenvalue weighted by Gasteiger charge is -2.18. The number of nitrogens with zero attached hydrogens (tertiary/aromatic N) is 4. The summed E-state index contributed by atoms with van der Waals surface area (Å²) in [5, 5.41) is 13.2. The van der Waals surface area contributed by atoms with E-state index in [4.69, 9.17) is 9.84 Å². The number of carboxylic acid groups (broad SMARTS) is 1. The molecule has 0 atom stereocenters. The molecular formula is C21H19N5O3S. The maximum Gasteiger partial charge on any atom is 0.316 e. The number of hydrogen-bond acceptors (Lipinski definition) is 8. The number of nitrogens with one attached hydrogen (secondary N) is 1. The van der Waals surface area contributed by atoms with Crippen molar-refractivity contribution >= 4 is 38.3 Å². The minimum absolute atomic E-state index is 0.0100. The average Bonchev–Trinajstić information content (AvgIpc) is 3.15. The van der Waals surface area contributed by atoms with Crippen molar-refractivity contribution < 1.29 is 14.6 Å². The first kappa shape index (κ1) is 19.7. The number of carbonyl (C=O) groups is 1. The van der Waals surface area contributed by atoms with Gasteiger partial charge in [0.1, 0.15) is 12.1 Å². The van der Waals surface area contributed by atoms with E-state index in [9.17, 15) is 4.79 Å². The summed E-state index contributed by atoms with van der Waals surface area (Å²) in [6.45, 7) is 3.17. The summed E-state index contributed by atoms with van der Waals surface area (Å²) in [6.07, 6.45) is 6.80. The number of ether oxygens (including phenoxy) is 1. The number of rotatable bonds is 7. The van der Waals surface area contributed by atoms with Gasteiger partial charge in [-0.25, -0.2) is 15.0 Å². The quantitative estimate of drug-likeness (QED) is 0.452. The van der Waals surface area contributed by atoms with E-state index in [2.05, 4.69) is 25.3 Å². The second-order valence-corrected chi connectivity index (χ2v) is 8.33. The molecule has 0 aliphatic rings. The van der Waals surface area contributed by atoms with E-state index >= 15 is 0 Å². The summed E-state index contributed by atoms with van der Waals surface area (Å²) in [5.41, 5.74) is 2.56. The van der Waals surface area contributed by atoms with Crippen LogP contribution in [-0.2, 0) is 4.79 Å². The van der Waals surface area contributed by atoms with Gasteiger partial charge in [-0.2, -0.15) is 0 Å². The Balaban J connectivity index is 1.41. The molecule has 0 saturated heterocycles. The number of benzene rings is 1. The molecule has 0 unspecified atom stereocenters. The lowest BCUT2D eigenvalue weighted by atomic mass is 9.95. The number of aromatic nitrogens is 4. The highest BCUT2D eigenvalue weighted by Crippen LogP contribution is 2.28. The summed E-state index contributed by atoms with van der Waals surface area (Å²) in [5.74, 6) is -0.935. The molecule has 30 heavy (non-hydrogen) atoms. The third-order valence-corrected chi connectivity index (χ3v) is 5.38. The van der Waals surface area contributed by atoms with E-state index in [1.54, 1.807) is 50.0 Å². The van der Waals surface area contributed by atoms with Gasteiger partial charge in [-0.05, 0) is 37.6 Å². The third kappa shape index (κ3) is 4.36. The second-order valence-electron chi connectivity index (χ2n) is 7.30. The minimum atomic E-state index is -1.01. The lowest BCUT2D eigenvalue weighted by Crippen LogP contribution is -2.31. The summed E-state index contributed by atoms with van der Waals surface area (Å²) in [4.78, 5) is 28.1. The van der Waals surface area contributed by atoms with Crippen LogP contribution in [0.1, 0.15) is 13.8 Å². The monoisotopic (exact) mass is 421 g/mol. The zero-order valence-electron chi connectivity index (χ0n) is 16.4. The molecule has 2 N–H and O–H groups in total. The van der Waals surface area contributed by atoms with Gasteiger partial charge in [-0.3, -0.25) is 9.78 Å². The highest BCUT2D eigenvalue weighted by Gasteiger charge is 2.28. The number of anilines is 2. The van der Waals surface area contributed by atoms with E-state index in [1.807, 2.05) is 30.3 Å². The van der Waals surface area contributed by atoms with Crippen molar-refractivity contribution in [3.63, 3.8) is 0 Å². The van der Waals surface area contributed by atoms with Crippen molar-refractivity contribution in [2.45, 2.75) is 13.8 Å². The fourth-order valence-electron chi connectivity index (χ4n) is 2.55. The van der Waals surface area contributed by atoms with Crippen molar-refractivity contribution in [1.29, 1.82) is 0 Å². The molecule has 3 aromatic heterocycles. The van der Waals surface area contributed by atoms with Crippen LogP contribution in [0.3, 0.4) is 0 Å². The van der Waals surface area contributed by atoms with Crippen LogP contribution in [0.4, 0.5) is 10.8 Å². The molecular weight excluding hydrogens is 402 g/mol. The number of pyridine rings is 1. The van der Waals surface area contributed by atoms with Gasteiger partial charge in [0.05, 0.1) is 16.3 Å². The molecule has 152 valence electrons. The highest BCUT2D eigenvalue weighted by atomic mass is 32.1. The molecule has 0 radical (unpaired) electrons. The van der Waals surface area contributed by atoms with Crippen LogP contribution in [0.5, 0.6) is 6.01 Å². The Labute approximate surface area is 176 Å². The number of hydrogen-bond donors (Lipinski definition) is 2. The maximum atomic E-state index is 11.1. The highest BCUT2D eigenvalue weighted by molar-refractivity contribution is 7.22. The fraction of sp³-hybridized carbons (Fsp3) is 0.190. The van der Waals surface area contributed by atoms with Gasteiger partial charge < -0.3 is 15.2 Å². The zero-order chi connectivity index (χ0) is 21.1. The van der Waals surface area contributed by atoms with E-state index in [1.165, 1.54) is 0 Å². The van der Waals surface area contributed by atoms with Crippen molar-refractivity contribution in [1.82, 2.24) is 19.9 Å². The van der Waals surface area contributed by atoms with Crippen LogP contribution in [-0.4, -0.2) is 37.6 Å². The molecule has 1 aromatic carbocycles. The van der Waals surface area contributed by atoms with Crippen molar-refractivity contribution in [2.75, 3.05) is 11.9 Å². The number of aliphatic carboxylic acids is 1. The van der Waals surface area contributed by atoms with E-state index in [0.717, 1.165) is 32.2 Å². The van der Waals surface area contributed by atoms with Gasteiger partial charge in [-0.15, -0.1) is 0 Å². The molecule has 0 bridgehead atoms. The molecule has 9 heteroatoms. The summed E-state index contributed by atoms with van der Waals surface area (Å²) >= 11 is 1.57. The summed E-state index contributed by atoms with van der Waals surface area (Å²) < 4.78 is 6.49. The molecule has 8 nitrogen and oxygen atoms in total. The maximum absolute atomic E-state index is 11.1. The van der Waals surface area contributed by atoms with Crippen LogP contribution < -0.4 is 10.1 Å². The Bertz CT molecular complexity index is 1140. The van der Waals surface area contributed by atoms with Gasteiger partial charge in [0, 0.05) is 29.8 Å². The lowest BCUT2D eigenvalue weighted by molar-refractivity contribution is -0.148. The average molecular weight is 421 g/mol. The van der Waals surface area contributed by atoms with E-state index < -0.39 is 11.4 Å². The SMILES string of the molecule is CC(C)(COc1ncc(-c2ccc(Nc3nc4cnccc4s3)cc2)cn1)C(=O)O. The Hall–Kier alpha value is -3.59. The standard InChI is InChI=1S/C21H19N5O3S/c1-21(2,18(27)28)12-29-19-23-9-14(10-24-19)13-3-5-15(6-4-13)25-20-26-16-11-22-8-7-17(16)30-20/h3-11H,12H2,1-2H3,(H,25,26)(H,27,28). The summed E-state index contributed by atoms with van der Waals surface area (Å²) in [7, 11) is 0. The fourth-order valence-corrected chi connectivity index (χ4v) is 3.40. The minimum Gasteiger partial charge on any atom is -0.481 e. The van der Waals surface area contributed by atoms with E-state index in [0.29, 0.717) is 0 Å². The van der Waals surface area contributed by atoms with Crippen molar-refractivity contribution in [3.05, 3.63) is 55.1 Å². The molecule has 0 amide bonds. The molecule has 4 rings (SSSR count). The van der Waals surface area contributed by atoms with Gasteiger partial charge in [0.25, 0.3) is 0 Å². The van der Waals surface area contributed by atoms with Crippen LogP contribution in [0.15, 0.2) is 55.1 Å². The Morgan fingerprint density at radius 1 is 1.10 bits per heavy atom. The first-order valence-corrected chi connectivity index (χ1v) is 9.99. The van der Waals surface area contributed by atoms with Crippen LogP contribution in [0.2, 0.25) is 0 Å². The van der Waals surface area contributed by atoms with Crippen LogP contribution >= 0.6 is 11.3 Å². The normalized spacial score (nSPS) is 11.4. The molecule has 0 aliphatic carbocycles. The third-order valence-electron chi connectivity index (χ3n) is 4.43. The van der Waals surface area contributed by atoms with E-state index in [-0.39, 0.29) is 12.6 Å². The predicted octanol–water partition coefficient (Wildman–Crippen LogP) is 4.38. The topological polar surface area (TPSA) is 110 Å². The van der Waals surface area contributed by atoms with Crippen molar-refractivity contribution in [2.24, 2.45) is 5.41 Å². The van der Waals surface area contributed by atoms with Gasteiger partial charge >= 0.3 is 12.0 Å². The summed E-state index contributed by atoms with van der Waals surface area (Å²) in [6, 6.07) is 9.93. The molecule has 0 aliphatic heterocycles. The largest absolute Gasteiger partial charge is 0.481 e.